The summed E-state index contributed by atoms with van der Waals surface area (Å²) in [5, 5.41) is 0. The van der Waals surface area contributed by atoms with Crippen molar-refractivity contribution in [2.45, 2.75) is 63.3 Å². The number of hydrogen-bond donors (Lipinski definition) is 1. The fourth-order valence-corrected chi connectivity index (χ4v) is 3.65. The standard InChI is InChI=1S/C14H25NO2/c1-3-7-14(8-4-1)16-12-13(17-14)11-15-9-5-2-6-10-15/h13H,1-12H2/p+1. The average molecular weight is 240 g/mol. The molecule has 2 saturated heterocycles. The van der Waals surface area contributed by atoms with Crippen molar-refractivity contribution in [2.24, 2.45) is 0 Å². The van der Waals surface area contributed by atoms with E-state index >= 15 is 0 Å². The van der Waals surface area contributed by atoms with Gasteiger partial charge in [0.25, 0.3) is 0 Å². The fourth-order valence-electron chi connectivity index (χ4n) is 3.65. The zero-order chi connectivity index (χ0) is 11.6. The predicted octanol–water partition coefficient (Wildman–Crippen LogP) is 1.13. The molecular formula is C14H26NO2+. The van der Waals surface area contributed by atoms with Gasteiger partial charge in [-0.2, -0.15) is 0 Å². The highest BCUT2D eigenvalue weighted by atomic mass is 16.7. The molecule has 0 aromatic heterocycles. The number of ether oxygens (including phenoxy) is 2. The van der Waals surface area contributed by atoms with Crippen LogP contribution in [0.1, 0.15) is 51.4 Å². The molecule has 1 saturated carbocycles. The Morgan fingerprint density at radius 1 is 0.941 bits per heavy atom. The molecule has 17 heavy (non-hydrogen) atoms. The smallest absolute Gasteiger partial charge is 0.169 e. The van der Waals surface area contributed by atoms with Gasteiger partial charge in [-0.05, 0) is 32.1 Å². The van der Waals surface area contributed by atoms with Crippen molar-refractivity contribution in [3.05, 3.63) is 0 Å². The van der Waals surface area contributed by atoms with E-state index < -0.39 is 0 Å². The number of hydrogen-bond acceptors (Lipinski definition) is 2. The molecule has 3 rings (SSSR count). The first-order chi connectivity index (χ1) is 8.36. The molecule has 3 fully saturated rings. The lowest BCUT2D eigenvalue weighted by Crippen LogP contribution is -3.13. The number of nitrogens with one attached hydrogen (secondary N) is 1. The van der Waals surface area contributed by atoms with Crippen LogP contribution in [0.5, 0.6) is 0 Å². The molecular weight excluding hydrogens is 214 g/mol. The molecule has 0 radical (unpaired) electrons. The Kier molecular flexibility index (Phi) is 3.69. The Balaban J connectivity index is 1.49. The first-order valence-electron chi connectivity index (χ1n) is 7.52. The van der Waals surface area contributed by atoms with Crippen LogP contribution in [-0.2, 0) is 9.47 Å². The predicted molar refractivity (Wildman–Crippen MR) is 66.1 cm³/mol. The van der Waals surface area contributed by atoms with E-state index in [2.05, 4.69) is 0 Å². The monoisotopic (exact) mass is 240 g/mol. The summed E-state index contributed by atoms with van der Waals surface area (Å²) < 4.78 is 12.2. The average Bonchev–Trinajstić information content (AvgIpc) is 2.74. The van der Waals surface area contributed by atoms with Crippen molar-refractivity contribution in [1.29, 1.82) is 0 Å². The Morgan fingerprint density at radius 3 is 2.41 bits per heavy atom. The molecule has 98 valence electrons. The molecule has 1 spiro atoms. The van der Waals surface area contributed by atoms with E-state index in [4.69, 9.17) is 9.47 Å². The lowest BCUT2D eigenvalue weighted by Gasteiger charge is -2.32. The van der Waals surface area contributed by atoms with Gasteiger partial charge in [0.05, 0.1) is 19.7 Å². The highest BCUT2D eigenvalue weighted by Gasteiger charge is 2.43. The summed E-state index contributed by atoms with van der Waals surface area (Å²) in [7, 11) is 0. The van der Waals surface area contributed by atoms with E-state index in [0.29, 0.717) is 6.10 Å². The third kappa shape index (κ3) is 2.83. The van der Waals surface area contributed by atoms with Crippen LogP contribution in [0.25, 0.3) is 0 Å². The Hall–Kier alpha value is -0.120. The Labute approximate surface area is 104 Å². The summed E-state index contributed by atoms with van der Waals surface area (Å²) in [5.41, 5.74) is 0. The molecule has 2 aliphatic heterocycles. The zero-order valence-electron chi connectivity index (χ0n) is 10.9. The van der Waals surface area contributed by atoms with Gasteiger partial charge >= 0.3 is 0 Å². The summed E-state index contributed by atoms with van der Waals surface area (Å²) >= 11 is 0. The minimum absolute atomic E-state index is 0.169. The van der Waals surface area contributed by atoms with Gasteiger partial charge in [-0.15, -0.1) is 0 Å². The topological polar surface area (TPSA) is 22.9 Å². The summed E-state index contributed by atoms with van der Waals surface area (Å²) in [6, 6.07) is 0. The van der Waals surface area contributed by atoms with E-state index in [0.717, 1.165) is 19.4 Å². The van der Waals surface area contributed by atoms with Gasteiger partial charge in [-0.25, -0.2) is 0 Å². The van der Waals surface area contributed by atoms with Crippen LogP contribution < -0.4 is 4.90 Å². The van der Waals surface area contributed by atoms with Gasteiger partial charge in [0.2, 0.25) is 0 Å². The van der Waals surface area contributed by atoms with Crippen LogP contribution in [0.2, 0.25) is 0 Å². The van der Waals surface area contributed by atoms with Gasteiger partial charge in [-0.1, -0.05) is 6.42 Å². The molecule has 3 aliphatic rings. The second kappa shape index (κ2) is 5.25. The molecule has 0 bridgehead atoms. The van der Waals surface area contributed by atoms with Crippen molar-refractivity contribution >= 4 is 0 Å². The first kappa shape index (κ1) is 11.9. The number of rotatable bonds is 2. The molecule has 1 N–H and O–H groups in total. The maximum absolute atomic E-state index is 6.25. The van der Waals surface area contributed by atoms with E-state index in [1.807, 2.05) is 0 Å². The van der Waals surface area contributed by atoms with Gasteiger partial charge in [0.15, 0.2) is 5.79 Å². The van der Waals surface area contributed by atoms with Gasteiger partial charge < -0.3 is 14.4 Å². The van der Waals surface area contributed by atoms with E-state index in [1.54, 1.807) is 4.90 Å². The number of piperidine rings is 1. The minimum Gasteiger partial charge on any atom is -0.347 e. The van der Waals surface area contributed by atoms with E-state index in [-0.39, 0.29) is 5.79 Å². The van der Waals surface area contributed by atoms with Gasteiger partial charge in [-0.3, -0.25) is 0 Å². The fraction of sp³-hybridized carbons (Fsp3) is 1.00. The Bertz CT molecular complexity index is 245. The van der Waals surface area contributed by atoms with Crippen molar-refractivity contribution in [3.8, 4) is 0 Å². The van der Waals surface area contributed by atoms with Crippen LogP contribution in [0.3, 0.4) is 0 Å². The summed E-state index contributed by atoms with van der Waals surface area (Å²) in [5.74, 6) is -0.169. The van der Waals surface area contributed by atoms with Gasteiger partial charge in [0, 0.05) is 12.8 Å². The minimum atomic E-state index is -0.169. The van der Waals surface area contributed by atoms with Crippen molar-refractivity contribution in [3.63, 3.8) is 0 Å². The highest BCUT2D eigenvalue weighted by Crippen LogP contribution is 2.37. The maximum atomic E-state index is 6.25. The molecule has 1 atom stereocenters. The molecule has 0 aromatic carbocycles. The normalized spacial score (nSPS) is 34.2. The lowest BCUT2D eigenvalue weighted by molar-refractivity contribution is -0.907. The summed E-state index contributed by atoms with van der Waals surface area (Å²) in [6.45, 7) is 4.69. The van der Waals surface area contributed by atoms with Crippen LogP contribution in [0, 0.1) is 0 Å². The first-order valence-corrected chi connectivity index (χ1v) is 7.52. The number of quaternary nitrogens is 1. The molecule has 0 aromatic rings. The third-order valence-electron chi connectivity index (χ3n) is 4.61. The second-order valence-corrected chi connectivity index (χ2v) is 6.04. The van der Waals surface area contributed by atoms with Crippen LogP contribution in [0.4, 0.5) is 0 Å². The van der Waals surface area contributed by atoms with Crippen molar-refractivity contribution < 1.29 is 14.4 Å². The molecule has 1 aliphatic carbocycles. The van der Waals surface area contributed by atoms with E-state index in [9.17, 15) is 0 Å². The molecule has 0 amide bonds. The van der Waals surface area contributed by atoms with Crippen LogP contribution in [-0.4, -0.2) is 38.1 Å². The second-order valence-electron chi connectivity index (χ2n) is 6.04. The molecule has 1 unspecified atom stereocenters. The zero-order valence-corrected chi connectivity index (χ0v) is 10.9. The quantitative estimate of drug-likeness (QED) is 0.782. The number of likely N-dealkylation sites (tertiary alicyclic amines) is 1. The SMILES string of the molecule is C1CC[NH+](CC2COC3(CCCCC3)O2)CC1. The van der Waals surface area contributed by atoms with Crippen LogP contribution >= 0.6 is 0 Å². The summed E-state index contributed by atoms with van der Waals surface area (Å²) in [4.78, 5) is 1.73. The molecule has 2 heterocycles. The molecule has 3 heteroatoms. The summed E-state index contributed by atoms with van der Waals surface area (Å²) in [6.07, 6.45) is 10.7. The van der Waals surface area contributed by atoms with Crippen LogP contribution in [0.15, 0.2) is 0 Å². The largest absolute Gasteiger partial charge is 0.347 e. The molecule has 3 nitrogen and oxygen atoms in total. The maximum Gasteiger partial charge on any atom is 0.169 e. The highest BCUT2D eigenvalue weighted by molar-refractivity contribution is 4.82. The Morgan fingerprint density at radius 2 is 1.65 bits per heavy atom. The third-order valence-corrected chi connectivity index (χ3v) is 4.61. The van der Waals surface area contributed by atoms with Crippen molar-refractivity contribution in [2.75, 3.05) is 26.2 Å². The lowest BCUT2D eigenvalue weighted by atomic mass is 9.94. The van der Waals surface area contributed by atoms with Gasteiger partial charge in [0.1, 0.15) is 12.6 Å². The van der Waals surface area contributed by atoms with E-state index in [1.165, 1.54) is 58.2 Å². The van der Waals surface area contributed by atoms with Crippen molar-refractivity contribution in [1.82, 2.24) is 0 Å².